The first-order valence-corrected chi connectivity index (χ1v) is 7.95. The highest BCUT2D eigenvalue weighted by atomic mass is 35.7. The van der Waals surface area contributed by atoms with E-state index in [1.807, 2.05) is 0 Å². The molecule has 0 saturated carbocycles. The molecule has 8 heteroatoms. The van der Waals surface area contributed by atoms with E-state index in [-0.39, 0.29) is 22.1 Å². The van der Waals surface area contributed by atoms with Crippen LogP contribution in [0.2, 0.25) is 5.02 Å². The SMILES string of the molecule is COCCCOC(=O)c1cc(S(=O)(=O)Cl)ccc1Cl. The van der Waals surface area contributed by atoms with Gasteiger partial charge < -0.3 is 9.47 Å². The summed E-state index contributed by atoms with van der Waals surface area (Å²) in [7, 11) is 2.81. The summed E-state index contributed by atoms with van der Waals surface area (Å²) in [6.45, 7) is 0.609. The fourth-order valence-corrected chi connectivity index (χ4v) is 2.23. The Morgan fingerprint density at radius 2 is 2.00 bits per heavy atom. The minimum atomic E-state index is -3.92. The topological polar surface area (TPSA) is 69.7 Å². The number of hydrogen-bond donors (Lipinski definition) is 0. The quantitative estimate of drug-likeness (QED) is 0.456. The summed E-state index contributed by atoms with van der Waals surface area (Å²) >= 11 is 5.82. The first-order valence-electron chi connectivity index (χ1n) is 5.26. The maximum Gasteiger partial charge on any atom is 0.339 e. The first kappa shape index (κ1) is 16.2. The number of benzene rings is 1. The molecule has 5 nitrogen and oxygen atoms in total. The van der Waals surface area contributed by atoms with E-state index in [0.29, 0.717) is 13.0 Å². The Hall–Kier alpha value is -0.820. The molecule has 0 amide bonds. The average molecular weight is 327 g/mol. The lowest BCUT2D eigenvalue weighted by Crippen LogP contribution is -2.09. The van der Waals surface area contributed by atoms with Crippen LogP contribution in [0.15, 0.2) is 23.1 Å². The highest BCUT2D eigenvalue weighted by Crippen LogP contribution is 2.23. The molecule has 0 unspecified atom stereocenters. The first-order chi connectivity index (χ1) is 8.86. The Bertz CT molecular complexity index is 556. The molecular weight excluding hydrogens is 315 g/mol. The van der Waals surface area contributed by atoms with Gasteiger partial charge >= 0.3 is 5.97 Å². The van der Waals surface area contributed by atoms with Crippen molar-refractivity contribution in [3.63, 3.8) is 0 Å². The Morgan fingerprint density at radius 1 is 1.32 bits per heavy atom. The van der Waals surface area contributed by atoms with Crippen molar-refractivity contribution in [3.05, 3.63) is 28.8 Å². The van der Waals surface area contributed by atoms with Crippen LogP contribution < -0.4 is 0 Å². The molecule has 0 N–H and O–H groups in total. The molecule has 0 atom stereocenters. The van der Waals surface area contributed by atoms with Crippen LogP contribution in [0, 0.1) is 0 Å². The normalized spacial score (nSPS) is 11.3. The van der Waals surface area contributed by atoms with Crippen LogP contribution in [0.25, 0.3) is 0 Å². The fraction of sp³-hybridized carbons (Fsp3) is 0.364. The summed E-state index contributed by atoms with van der Waals surface area (Å²) in [6.07, 6.45) is 0.535. The molecule has 0 aliphatic heterocycles. The number of methoxy groups -OCH3 is 1. The Labute approximate surface area is 120 Å². The van der Waals surface area contributed by atoms with Crippen LogP contribution in [0.4, 0.5) is 0 Å². The number of ether oxygens (including phenoxy) is 2. The van der Waals surface area contributed by atoms with E-state index in [1.165, 1.54) is 19.2 Å². The Kier molecular flexibility index (Phi) is 6.06. The molecule has 0 aliphatic carbocycles. The molecule has 0 heterocycles. The minimum absolute atomic E-state index is 0.0409. The number of rotatable bonds is 6. The van der Waals surface area contributed by atoms with Crippen LogP contribution in [0.5, 0.6) is 0 Å². The van der Waals surface area contributed by atoms with Crippen molar-refractivity contribution in [3.8, 4) is 0 Å². The van der Waals surface area contributed by atoms with Gasteiger partial charge in [0.05, 0.1) is 22.1 Å². The van der Waals surface area contributed by atoms with Crippen molar-refractivity contribution in [2.45, 2.75) is 11.3 Å². The predicted molar refractivity (Wildman–Crippen MR) is 71.3 cm³/mol. The molecule has 0 saturated heterocycles. The summed E-state index contributed by atoms with van der Waals surface area (Å²) in [5.41, 5.74) is -0.0409. The van der Waals surface area contributed by atoms with Crippen molar-refractivity contribution in [1.82, 2.24) is 0 Å². The van der Waals surface area contributed by atoms with Gasteiger partial charge in [-0.15, -0.1) is 0 Å². The van der Waals surface area contributed by atoms with E-state index in [4.69, 9.17) is 31.8 Å². The zero-order chi connectivity index (χ0) is 14.5. The second kappa shape index (κ2) is 7.09. The number of carbonyl (C=O) groups excluding carboxylic acids is 1. The van der Waals surface area contributed by atoms with Crippen molar-refractivity contribution in [1.29, 1.82) is 0 Å². The Morgan fingerprint density at radius 3 is 2.58 bits per heavy atom. The van der Waals surface area contributed by atoms with Gasteiger partial charge in [-0.05, 0) is 18.2 Å². The third-order valence-electron chi connectivity index (χ3n) is 2.17. The zero-order valence-corrected chi connectivity index (χ0v) is 12.4. The molecule has 0 radical (unpaired) electrons. The zero-order valence-electron chi connectivity index (χ0n) is 10.1. The van der Waals surface area contributed by atoms with Gasteiger partial charge in [0, 0.05) is 30.8 Å². The van der Waals surface area contributed by atoms with Gasteiger partial charge in [-0.1, -0.05) is 11.6 Å². The maximum absolute atomic E-state index is 11.7. The molecular formula is C11H12Cl2O5S. The molecule has 1 rings (SSSR count). The number of halogens is 2. The smallest absolute Gasteiger partial charge is 0.339 e. The monoisotopic (exact) mass is 326 g/mol. The van der Waals surface area contributed by atoms with E-state index < -0.39 is 15.0 Å². The third kappa shape index (κ3) is 4.99. The second-order valence-corrected chi connectivity index (χ2v) is 6.53. The highest BCUT2D eigenvalue weighted by molar-refractivity contribution is 8.13. The van der Waals surface area contributed by atoms with Gasteiger partial charge in [-0.25, -0.2) is 13.2 Å². The molecule has 106 valence electrons. The van der Waals surface area contributed by atoms with Crippen LogP contribution >= 0.6 is 22.3 Å². The van der Waals surface area contributed by atoms with Crippen LogP contribution in [-0.2, 0) is 18.5 Å². The van der Waals surface area contributed by atoms with Gasteiger partial charge in [-0.3, -0.25) is 0 Å². The van der Waals surface area contributed by atoms with Crippen molar-refractivity contribution < 1.29 is 22.7 Å². The number of esters is 1. The summed E-state index contributed by atoms with van der Waals surface area (Å²) in [4.78, 5) is 11.5. The van der Waals surface area contributed by atoms with Gasteiger partial charge in [0.15, 0.2) is 0 Å². The molecule has 1 aromatic carbocycles. The molecule has 0 fully saturated rings. The van der Waals surface area contributed by atoms with Crippen LogP contribution in [0.3, 0.4) is 0 Å². The molecule has 0 aliphatic rings. The lowest BCUT2D eigenvalue weighted by molar-refractivity contribution is 0.0468. The van der Waals surface area contributed by atoms with Crippen molar-refractivity contribution in [2.75, 3.05) is 20.3 Å². The largest absolute Gasteiger partial charge is 0.462 e. The second-order valence-electron chi connectivity index (χ2n) is 3.56. The highest BCUT2D eigenvalue weighted by Gasteiger charge is 2.17. The summed E-state index contributed by atoms with van der Waals surface area (Å²) < 4.78 is 32.1. The Balaban J connectivity index is 2.84. The third-order valence-corrected chi connectivity index (χ3v) is 3.85. The minimum Gasteiger partial charge on any atom is -0.462 e. The molecule has 0 spiro atoms. The van der Waals surface area contributed by atoms with E-state index in [1.54, 1.807) is 0 Å². The summed E-state index contributed by atoms with van der Waals surface area (Å²) in [5.74, 6) is -0.705. The van der Waals surface area contributed by atoms with Gasteiger partial charge in [0.1, 0.15) is 0 Å². The summed E-state index contributed by atoms with van der Waals surface area (Å²) in [5, 5.41) is 0.0980. The molecule has 0 bridgehead atoms. The molecule has 1 aromatic rings. The lowest BCUT2D eigenvalue weighted by atomic mass is 10.2. The van der Waals surface area contributed by atoms with E-state index in [2.05, 4.69) is 0 Å². The van der Waals surface area contributed by atoms with E-state index >= 15 is 0 Å². The average Bonchev–Trinajstić information content (AvgIpc) is 2.33. The van der Waals surface area contributed by atoms with Gasteiger partial charge in [-0.2, -0.15) is 0 Å². The van der Waals surface area contributed by atoms with Gasteiger partial charge in [0.2, 0.25) is 0 Å². The van der Waals surface area contributed by atoms with Crippen LogP contribution in [0.1, 0.15) is 16.8 Å². The molecule has 0 aromatic heterocycles. The maximum atomic E-state index is 11.7. The van der Waals surface area contributed by atoms with Crippen LogP contribution in [-0.4, -0.2) is 34.7 Å². The predicted octanol–water partition coefficient (Wildman–Crippen LogP) is 2.46. The fourth-order valence-electron chi connectivity index (χ4n) is 1.26. The van der Waals surface area contributed by atoms with E-state index in [0.717, 1.165) is 6.07 Å². The van der Waals surface area contributed by atoms with Crippen molar-refractivity contribution >= 4 is 37.3 Å². The number of hydrogen-bond acceptors (Lipinski definition) is 5. The molecule has 19 heavy (non-hydrogen) atoms. The van der Waals surface area contributed by atoms with Gasteiger partial charge in [0.25, 0.3) is 9.05 Å². The van der Waals surface area contributed by atoms with E-state index in [9.17, 15) is 13.2 Å². The lowest BCUT2D eigenvalue weighted by Gasteiger charge is -2.07. The summed E-state index contributed by atoms with van der Waals surface area (Å²) in [6, 6.07) is 3.58. The van der Waals surface area contributed by atoms with Crippen molar-refractivity contribution in [2.24, 2.45) is 0 Å². The standard InChI is InChI=1S/C11H12Cl2O5S/c1-17-5-2-6-18-11(14)9-7-8(19(13,15)16)3-4-10(9)12/h3-4,7H,2,5-6H2,1H3. The number of carbonyl (C=O) groups is 1.